The van der Waals surface area contributed by atoms with Crippen molar-refractivity contribution in [3.8, 4) is 0 Å². The summed E-state index contributed by atoms with van der Waals surface area (Å²) in [6, 6.07) is 8.54. The molecule has 5 heteroatoms. The first-order chi connectivity index (χ1) is 11.2. The maximum absolute atomic E-state index is 11.5. The second-order valence-electron chi connectivity index (χ2n) is 5.91. The Balaban J connectivity index is 1.71. The van der Waals surface area contributed by atoms with Gasteiger partial charge in [-0.05, 0) is 49.7 Å². The Bertz CT molecular complexity index is 513. The minimum atomic E-state index is -0.0961. The lowest BCUT2D eigenvalue weighted by Crippen LogP contribution is -2.41. The summed E-state index contributed by atoms with van der Waals surface area (Å²) in [6.45, 7) is 8.09. The van der Waals surface area contributed by atoms with Gasteiger partial charge in [-0.15, -0.1) is 18.3 Å². The predicted molar refractivity (Wildman–Crippen MR) is 97.8 cm³/mol. The van der Waals surface area contributed by atoms with Crippen LogP contribution < -0.4 is 10.6 Å². The van der Waals surface area contributed by atoms with Gasteiger partial charge in [0.1, 0.15) is 0 Å². The fourth-order valence-corrected chi connectivity index (χ4v) is 3.50. The standard InChI is InChI=1S/C18H27N3OS/c1-3-10-19-18(22)20-13-15-8-11-21(12-9-15)14-16-6-4-5-7-17(16)23-2/h3-7,15H,1,8-14H2,2H3,(H2,19,20,22). The summed E-state index contributed by atoms with van der Waals surface area (Å²) in [6.07, 6.45) is 6.10. The van der Waals surface area contributed by atoms with Gasteiger partial charge in [-0.1, -0.05) is 24.3 Å². The van der Waals surface area contributed by atoms with E-state index >= 15 is 0 Å². The van der Waals surface area contributed by atoms with Gasteiger partial charge in [0, 0.05) is 24.5 Å². The van der Waals surface area contributed by atoms with Crippen molar-refractivity contribution < 1.29 is 4.79 Å². The lowest BCUT2D eigenvalue weighted by Gasteiger charge is -2.32. The molecule has 0 aromatic heterocycles. The number of hydrogen-bond donors (Lipinski definition) is 2. The molecule has 2 rings (SSSR count). The molecule has 0 radical (unpaired) electrons. The van der Waals surface area contributed by atoms with E-state index in [9.17, 15) is 4.79 Å². The maximum Gasteiger partial charge on any atom is 0.315 e. The number of hydrogen-bond acceptors (Lipinski definition) is 3. The highest BCUT2D eigenvalue weighted by molar-refractivity contribution is 7.98. The zero-order valence-corrected chi connectivity index (χ0v) is 14.7. The number of carbonyl (C=O) groups is 1. The van der Waals surface area contributed by atoms with Crippen LogP contribution in [-0.2, 0) is 6.54 Å². The monoisotopic (exact) mass is 333 g/mol. The second-order valence-corrected chi connectivity index (χ2v) is 6.76. The summed E-state index contributed by atoms with van der Waals surface area (Å²) in [5.74, 6) is 0.580. The number of thioether (sulfide) groups is 1. The van der Waals surface area contributed by atoms with Crippen LogP contribution in [0.4, 0.5) is 4.79 Å². The van der Waals surface area contributed by atoms with Crippen LogP contribution in [0.1, 0.15) is 18.4 Å². The van der Waals surface area contributed by atoms with E-state index in [1.54, 1.807) is 6.08 Å². The topological polar surface area (TPSA) is 44.4 Å². The first-order valence-electron chi connectivity index (χ1n) is 8.19. The number of benzene rings is 1. The second kappa shape index (κ2) is 9.63. The number of likely N-dealkylation sites (tertiary alicyclic amines) is 1. The molecule has 0 atom stereocenters. The molecule has 1 aliphatic rings. The van der Waals surface area contributed by atoms with E-state index in [4.69, 9.17) is 0 Å². The molecule has 1 heterocycles. The molecule has 0 aliphatic carbocycles. The predicted octanol–water partition coefficient (Wildman–Crippen LogP) is 3.11. The minimum Gasteiger partial charge on any atom is -0.338 e. The molecule has 0 saturated carbocycles. The van der Waals surface area contributed by atoms with Crippen LogP contribution in [0.15, 0.2) is 41.8 Å². The van der Waals surface area contributed by atoms with Crippen LogP contribution in [0.25, 0.3) is 0 Å². The van der Waals surface area contributed by atoms with Gasteiger partial charge >= 0.3 is 6.03 Å². The van der Waals surface area contributed by atoms with Crippen LogP contribution >= 0.6 is 11.8 Å². The van der Waals surface area contributed by atoms with Crippen molar-refractivity contribution in [1.29, 1.82) is 0 Å². The molecule has 4 nitrogen and oxygen atoms in total. The quantitative estimate of drug-likeness (QED) is 0.595. The first kappa shape index (κ1) is 17.9. The van der Waals surface area contributed by atoms with Crippen LogP contribution in [0, 0.1) is 5.92 Å². The first-order valence-corrected chi connectivity index (χ1v) is 9.42. The summed E-state index contributed by atoms with van der Waals surface area (Å²) >= 11 is 1.81. The molecule has 2 amide bonds. The Morgan fingerprint density at radius 3 is 2.78 bits per heavy atom. The molecule has 2 N–H and O–H groups in total. The highest BCUT2D eigenvalue weighted by atomic mass is 32.2. The van der Waals surface area contributed by atoms with Crippen LogP contribution in [0.3, 0.4) is 0 Å². The van der Waals surface area contributed by atoms with Crippen molar-refractivity contribution in [2.75, 3.05) is 32.4 Å². The lowest BCUT2D eigenvalue weighted by atomic mass is 9.96. The zero-order valence-electron chi connectivity index (χ0n) is 13.9. The van der Waals surface area contributed by atoms with Crippen molar-refractivity contribution in [3.63, 3.8) is 0 Å². The largest absolute Gasteiger partial charge is 0.338 e. The van der Waals surface area contributed by atoms with E-state index in [-0.39, 0.29) is 6.03 Å². The molecule has 1 aromatic carbocycles. The Labute approximate surface area is 143 Å². The molecular weight excluding hydrogens is 306 g/mol. The number of rotatable bonds is 7. The summed E-state index contributed by atoms with van der Waals surface area (Å²) in [4.78, 5) is 15.4. The lowest BCUT2D eigenvalue weighted by molar-refractivity contribution is 0.174. The number of nitrogens with zero attached hydrogens (tertiary/aromatic N) is 1. The van der Waals surface area contributed by atoms with Crippen molar-refractivity contribution >= 4 is 17.8 Å². The van der Waals surface area contributed by atoms with Gasteiger partial charge in [0.15, 0.2) is 0 Å². The van der Waals surface area contributed by atoms with Crippen molar-refractivity contribution in [2.45, 2.75) is 24.3 Å². The Kier molecular flexibility index (Phi) is 7.49. The average molecular weight is 334 g/mol. The van der Waals surface area contributed by atoms with Crippen molar-refractivity contribution in [1.82, 2.24) is 15.5 Å². The minimum absolute atomic E-state index is 0.0961. The Morgan fingerprint density at radius 2 is 2.09 bits per heavy atom. The average Bonchev–Trinajstić information content (AvgIpc) is 2.59. The summed E-state index contributed by atoms with van der Waals surface area (Å²) in [5, 5.41) is 5.70. The van der Waals surface area contributed by atoms with E-state index in [2.05, 4.69) is 52.6 Å². The molecule has 1 aromatic rings. The van der Waals surface area contributed by atoms with E-state index in [0.717, 1.165) is 39.0 Å². The molecular formula is C18H27N3OS. The third kappa shape index (κ3) is 5.92. The fourth-order valence-electron chi connectivity index (χ4n) is 2.89. The van der Waals surface area contributed by atoms with E-state index < -0.39 is 0 Å². The van der Waals surface area contributed by atoms with Gasteiger partial charge < -0.3 is 10.6 Å². The Morgan fingerprint density at radius 1 is 1.35 bits per heavy atom. The molecule has 0 unspecified atom stereocenters. The normalized spacial score (nSPS) is 16.0. The Hall–Kier alpha value is -1.46. The van der Waals surface area contributed by atoms with Crippen molar-refractivity contribution in [2.24, 2.45) is 5.92 Å². The molecule has 126 valence electrons. The van der Waals surface area contributed by atoms with Gasteiger partial charge in [-0.25, -0.2) is 4.79 Å². The van der Waals surface area contributed by atoms with Gasteiger partial charge in [0.2, 0.25) is 0 Å². The van der Waals surface area contributed by atoms with Gasteiger partial charge in [-0.3, -0.25) is 4.90 Å². The van der Waals surface area contributed by atoms with Crippen LogP contribution in [0.2, 0.25) is 0 Å². The molecule has 1 saturated heterocycles. The number of piperidine rings is 1. The summed E-state index contributed by atoms with van der Waals surface area (Å²) < 4.78 is 0. The molecule has 1 fully saturated rings. The molecule has 23 heavy (non-hydrogen) atoms. The van der Waals surface area contributed by atoms with E-state index in [0.29, 0.717) is 12.5 Å². The van der Waals surface area contributed by atoms with Crippen molar-refractivity contribution in [3.05, 3.63) is 42.5 Å². The molecule has 0 spiro atoms. The third-order valence-corrected chi connectivity index (χ3v) is 5.09. The number of amides is 2. The number of nitrogens with one attached hydrogen (secondary N) is 2. The zero-order chi connectivity index (χ0) is 16.5. The summed E-state index contributed by atoms with van der Waals surface area (Å²) in [5.41, 5.74) is 1.42. The van der Waals surface area contributed by atoms with Crippen LogP contribution in [-0.4, -0.2) is 43.4 Å². The van der Waals surface area contributed by atoms with Gasteiger partial charge in [-0.2, -0.15) is 0 Å². The third-order valence-electron chi connectivity index (χ3n) is 4.25. The van der Waals surface area contributed by atoms with Crippen LogP contribution in [0.5, 0.6) is 0 Å². The van der Waals surface area contributed by atoms with E-state index in [1.807, 2.05) is 11.8 Å². The van der Waals surface area contributed by atoms with Gasteiger partial charge in [0.25, 0.3) is 0 Å². The SMILES string of the molecule is C=CCNC(=O)NCC1CCN(Cc2ccccc2SC)CC1. The number of carbonyl (C=O) groups excluding carboxylic acids is 1. The smallest absolute Gasteiger partial charge is 0.315 e. The fraction of sp³-hybridized carbons (Fsp3) is 0.500. The van der Waals surface area contributed by atoms with Gasteiger partial charge in [0.05, 0.1) is 0 Å². The maximum atomic E-state index is 11.5. The highest BCUT2D eigenvalue weighted by Gasteiger charge is 2.20. The molecule has 0 bridgehead atoms. The van der Waals surface area contributed by atoms with E-state index in [1.165, 1.54) is 10.5 Å². The summed E-state index contributed by atoms with van der Waals surface area (Å²) in [7, 11) is 0. The number of urea groups is 1. The highest BCUT2D eigenvalue weighted by Crippen LogP contribution is 2.24. The molecule has 1 aliphatic heterocycles.